The second-order valence-corrected chi connectivity index (χ2v) is 4.26. The molecule has 0 bridgehead atoms. The normalized spacial score (nSPS) is 20.0. The summed E-state index contributed by atoms with van der Waals surface area (Å²) in [4.78, 5) is 37.4. The molecule has 0 aromatic carbocycles. The van der Waals surface area contributed by atoms with E-state index >= 15 is 0 Å². The van der Waals surface area contributed by atoms with Gasteiger partial charge in [-0.05, 0) is 12.1 Å². The fourth-order valence-corrected chi connectivity index (χ4v) is 2.14. The van der Waals surface area contributed by atoms with Crippen LogP contribution in [0.2, 0.25) is 0 Å². The van der Waals surface area contributed by atoms with Crippen LogP contribution >= 0.6 is 0 Å². The van der Waals surface area contributed by atoms with Gasteiger partial charge in [0, 0.05) is 13.1 Å². The van der Waals surface area contributed by atoms with E-state index in [4.69, 9.17) is 4.42 Å². The molecule has 0 aliphatic carbocycles. The average Bonchev–Trinajstić information content (AvgIpc) is 2.90. The van der Waals surface area contributed by atoms with E-state index in [0.29, 0.717) is 13.1 Å². The fraction of sp³-hybridized carbons (Fsp3) is 0.364. The molecule has 18 heavy (non-hydrogen) atoms. The number of rotatable bonds is 2. The van der Waals surface area contributed by atoms with Crippen molar-refractivity contribution in [3.05, 3.63) is 24.2 Å². The molecule has 94 valence electrons. The summed E-state index contributed by atoms with van der Waals surface area (Å²) in [5.74, 6) is -0.191. The molecule has 1 N–H and O–H groups in total. The average molecular weight is 249 g/mol. The first-order chi connectivity index (χ1) is 8.66. The van der Waals surface area contributed by atoms with Crippen molar-refractivity contribution < 1.29 is 18.8 Å². The highest BCUT2D eigenvalue weighted by molar-refractivity contribution is 6.02. The number of imide groups is 1. The number of nitrogens with one attached hydrogen (secondary N) is 1. The van der Waals surface area contributed by atoms with E-state index in [1.165, 1.54) is 11.2 Å². The number of amides is 4. The Balaban J connectivity index is 1.62. The molecule has 2 aliphatic heterocycles. The van der Waals surface area contributed by atoms with Crippen LogP contribution in [0.1, 0.15) is 10.6 Å². The highest BCUT2D eigenvalue weighted by Crippen LogP contribution is 2.20. The minimum absolute atomic E-state index is 0.0431. The van der Waals surface area contributed by atoms with E-state index in [2.05, 4.69) is 5.32 Å². The Hall–Kier alpha value is -2.31. The molecule has 3 heterocycles. The summed E-state index contributed by atoms with van der Waals surface area (Å²) in [5, 5.41) is 2.46. The third-order valence-electron chi connectivity index (χ3n) is 3.12. The van der Waals surface area contributed by atoms with Crippen molar-refractivity contribution in [3.8, 4) is 0 Å². The number of carbonyl (C=O) groups is 3. The topological polar surface area (TPSA) is 82.9 Å². The zero-order chi connectivity index (χ0) is 12.7. The minimum Gasteiger partial charge on any atom is -0.459 e. The summed E-state index contributed by atoms with van der Waals surface area (Å²) >= 11 is 0. The summed E-state index contributed by atoms with van der Waals surface area (Å²) in [6.07, 6.45) is 1.43. The van der Waals surface area contributed by atoms with E-state index in [0.717, 1.165) is 0 Å². The predicted molar refractivity (Wildman–Crippen MR) is 58.6 cm³/mol. The maximum absolute atomic E-state index is 11.8. The third-order valence-corrected chi connectivity index (χ3v) is 3.12. The molecule has 2 aliphatic rings. The molecule has 7 heteroatoms. The lowest BCUT2D eigenvalue weighted by atomic mass is 10.1. The van der Waals surface area contributed by atoms with Gasteiger partial charge in [-0.2, -0.15) is 0 Å². The molecular weight excluding hydrogens is 238 g/mol. The van der Waals surface area contributed by atoms with E-state index in [9.17, 15) is 14.4 Å². The van der Waals surface area contributed by atoms with Crippen molar-refractivity contribution >= 4 is 17.8 Å². The Morgan fingerprint density at radius 3 is 2.72 bits per heavy atom. The van der Waals surface area contributed by atoms with Crippen LogP contribution in [0.25, 0.3) is 0 Å². The van der Waals surface area contributed by atoms with E-state index < -0.39 is 0 Å². The van der Waals surface area contributed by atoms with Crippen LogP contribution in [0.15, 0.2) is 22.8 Å². The van der Waals surface area contributed by atoms with Crippen molar-refractivity contribution in [2.75, 3.05) is 19.6 Å². The zero-order valence-electron chi connectivity index (χ0n) is 9.46. The van der Waals surface area contributed by atoms with E-state index in [-0.39, 0.29) is 36.2 Å². The summed E-state index contributed by atoms with van der Waals surface area (Å²) in [7, 11) is 0. The summed E-state index contributed by atoms with van der Waals surface area (Å²) in [5.41, 5.74) is 0. The van der Waals surface area contributed by atoms with Gasteiger partial charge in [0.1, 0.15) is 0 Å². The van der Waals surface area contributed by atoms with Gasteiger partial charge in [0.2, 0.25) is 5.91 Å². The number of urea groups is 1. The van der Waals surface area contributed by atoms with Gasteiger partial charge in [0.05, 0.1) is 18.8 Å². The SMILES string of the molecule is O=C(c1ccco1)N1CC(N2C(=O)CNC2=O)C1. The molecule has 1 aromatic heterocycles. The number of furan rings is 1. The lowest BCUT2D eigenvalue weighted by Gasteiger charge is -2.41. The molecular formula is C11H11N3O4. The molecule has 0 saturated carbocycles. The van der Waals surface area contributed by atoms with Crippen molar-refractivity contribution in [1.82, 2.24) is 15.1 Å². The van der Waals surface area contributed by atoms with Gasteiger partial charge < -0.3 is 14.6 Å². The largest absolute Gasteiger partial charge is 0.459 e. The molecule has 0 radical (unpaired) electrons. The molecule has 1 aromatic rings. The minimum atomic E-state index is -0.380. The van der Waals surface area contributed by atoms with Crippen LogP contribution in [-0.2, 0) is 4.79 Å². The van der Waals surface area contributed by atoms with Gasteiger partial charge in [-0.15, -0.1) is 0 Å². The third kappa shape index (κ3) is 1.55. The number of nitrogens with zero attached hydrogens (tertiary/aromatic N) is 2. The highest BCUT2D eigenvalue weighted by atomic mass is 16.3. The van der Waals surface area contributed by atoms with Gasteiger partial charge >= 0.3 is 6.03 Å². The summed E-state index contributed by atoms with van der Waals surface area (Å²) < 4.78 is 5.00. The number of hydrogen-bond donors (Lipinski definition) is 1. The van der Waals surface area contributed by atoms with E-state index in [1.54, 1.807) is 17.0 Å². The van der Waals surface area contributed by atoms with Crippen molar-refractivity contribution in [1.29, 1.82) is 0 Å². The molecule has 0 atom stereocenters. The number of carbonyl (C=O) groups excluding carboxylic acids is 3. The smallest absolute Gasteiger partial charge is 0.324 e. The maximum Gasteiger partial charge on any atom is 0.324 e. The van der Waals surface area contributed by atoms with Gasteiger partial charge in [-0.25, -0.2) is 4.79 Å². The van der Waals surface area contributed by atoms with E-state index in [1.807, 2.05) is 0 Å². The first-order valence-corrected chi connectivity index (χ1v) is 5.59. The first-order valence-electron chi connectivity index (χ1n) is 5.59. The fourth-order valence-electron chi connectivity index (χ4n) is 2.14. The van der Waals surface area contributed by atoms with Gasteiger partial charge in [-0.1, -0.05) is 0 Å². The Morgan fingerprint density at radius 2 is 2.17 bits per heavy atom. The monoisotopic (exact) mass is 249 g/mol. The Kier molecular flexibility index (Phi) is 2.32. The molecule has 4 amide bonds. The standard InChI is InChI=1S/C11H11N3O4/c15-9-4-12-11(17)14(9)7-5-13(6-7)10(16)8-2-1-3-18-8/h1-3,7H,4-6H2,(H,12,17). The number of likely N-dealkylation sites (tertiary alicyclic amines) is 1. The summed E-state index contributed by atoms with van der Waals surface area (Å²) in [6.45, 7) is 0.763. The summed E-state index contributed by atoms with van der Waals surface area (Å²) in [6, 6.07) is 2.62. The lowest BCUT2D eigenvalue weighted by molar-refractivity contribution is -0.128. The maximum atomic E-state index is 11.8. The molecule has 2 saturated heterocycles. The first kappa shape index (κ1) is 10.8. The van der Waals surface area contributed by atoms with Gasteiger partial charge in [0.15, 0.2) is 5.76 Å². The van der Waals surface area contributed by atoms with Crippen LogP contribution in [0, 0.1) is 0 Å². The number of hydrogen-bond acceptors (Lipinski definition) is 4. The van der Waals surface area contributed by atoms with Crippen LogP contribution < -0.4 is 5.32 Å². The second-order valence-electron chi connectivity index (χ2n) is 4.26. The van der Waals surface area contributed by atoms with Crippen LogP contribution in [0.4, 0.5) is 4.79 Å². The molecule has 3 rings (SSSR count). The highest BCUT2D eigenvalue weighted by Gasteiger charge is 2.43. The Labute approximate surface area is 102 Å². The zero-order valence-corrected chi connectivity index (χ0v) is 9.46. The van der Waals surface area contributed by atoms with Gasteiger partial charge in [-0.3, -0.25) is 14.5 Å². The van der Waals surface area contributed by atoms with Crippen molar-refractivity contribution in [3.63, 3.8) is 0 Å². The molecule has 0 spiro atoms. The van der Waals surface area contributed by atoms with Crippen molar-refractivity contribution in [2.24, 2.45) is 0 Å². The Bertz CT molecular complexity index is 488. The van der Waals surface area contributed by atoms with Crippen LogP contribution in [-0.4, -0.2) is 53.3 Å². The molecule has 2 fully saturated rings. The Morgan fingerprint density at radius 1 is 1.39 bits per heavy atom. The quantitative estimate of drug-likeness (QED) is 0.726. The van der Waals surface area contributed by atoms with Crippen molar-refractivity contribution in [2.45, 2.75) is 6.04 Å². The molecule has 0 unspecified atom stereocenters. The molecule has 7 nitrogen and oxygen atoms in total. The second kappa shape index (κ2) is 3.86. The van der Waals surface area contributed by atoms with Gasteiger partial charge in [0.25, 0.3) is 5.91 Å². The predicted octanol–water partition coefficient (Wildman–Crippen LogP) is -0.344. The van der Waals surface area contributed by atoms with Crippen LogP contribution in [0.3, 0.4) is 0 Å². The lowest BCUT2D eigenvalue weighted by Crippen LogP contribution is -2.62. The van der Waals surface area contributed by atoms with Crippen LogP contribution in [0.5, 0.6) is 0 Å².